The second-order valence-corrected chi connectivity index (χ2v) is 8.34. The lowest BCUT2D eigenvalue weighted by atomic mass is 9.83. The molecule has 2 aromatic carbocycles. The zero-order chi connectivity index (χ0) is 20.8. The summed E-state index contributed by atoms with van der Waals surface area (Å²) in [7, 11) is 0. The van der Waals surface area contributed by atoms with E-state index >= 15 is 0 Å². The SMILES string of the molecule is O=C(c1ccc2[nH]ncc2c1)N1CCC2(CC1)OCCc1cn(-c3ccccc3)nc12. The summed E-state index contributed by atoms with van der Waals surface area (Å²) in [6, 6.07) is 15.9. The molecular weight excluding hydrogens is 390 g/mol. The molecule has 7 heteroatoms. The molecule has 0 radical (unpaired) electrons. The molecule has 1 amide bonds. The number of amides is 1. The van der Waals surface area contributed by atoms with Gasteiger partial charge in [0.15, 0.2) is 0 Å². The van der Waals surface area contributed by atoms with E-state index in [1.54, 1.807) is 6.20 Å². The van der Waals surface area contributed by atoms with Crippen LogP contribution in [0.4, 0.5) is 0 Å². The van der Waals surface area contributed by atoms with Crippen molar-refractivity contribution in [2.45, 2.75) is 24.9 Å². The second-order valence-electron chi connectivity index (χ2n) is 8.34. The van der Waals surface area contributed by atoms with Crippen molar-refractivity contribution in [3.63, 3.8) is 0 Å². The Morgan fingerprint density at radius 2 is 1.94 bits per heavy atom. The number of H-pyrrole nitrogens is 1. The minimum Gasteiger partial charge on any atom is -0.368 e. The van der Waals surface area contributed by atoms with Crippen LogP contribution in [0, 0.1) is 0 Å². The average Bonchev–Trinajstić information content (AvgIpc) is 3.47. The van der Waals surface area contributed by atoms with Crippen molar-refractivity contribution in [1.82, 2.24) is 24.9 Å². The Labute approximate surface area is 179 Å². The largest absolute Gasteiger partial charge is 0.368 e. The summed E-state index contributed by atoms with van der Waals surface area (Å²) in [6.07, 6.45) is 6.26. The maximum Gasteiger partial charge on any atom is 0.253 e. The molecule has 1 N–H and O–H groups in total. The number of hydrogen-bond acceptors (Lipinski definition) is 4. The number of ether oxygens (including phenoxy) is 1. The van der Waals surface area contributed by atoms with Gasteiger partial charge in [-0.1, -0.05) is 18.2 Å². The quantitative estimate of drug-likeness (QED) is 0.546. The smallest absolute Gasteiger partial charge is 0.253 e. The van der Waals surface area contributed by atoms with Crippen molar-refractivity contribution in [3.8, 4) is 5.69 Å². The first-order valence-corrected chi connectivity index (χ1v) is 10.7. The molecule has 31 heavy (non-hydrogen) atoms. The third-order valence-corrected chi connectivity index (χ3v) is 6.54. The number of carbonyl (C=O) groups excluding carboxylic acids is 1. The summed E-state index contributed by atoms with van der Waals surface area (Å²) in [5, 5.41) is 12.9. The highest BCUT2D eigenvalue weighted by Gasteiger charge is 2.44. The fraction of sp³-hybridized carbons (Fsp3) is 0.292. The van der Waals surface area contributed by atoms with Gasteiger partial charge < -0.3 is 9.64 Å². The van der Waals surface area contributed by atoms with Crippen molar-refractivity contribution in [2.75, 3.05) is 19.7 Å². The molecule has 2 aliphatic rings. The molecule has 4 aromatic rings. The molecule has 4 heterocycles. The number of fused-ring (bicyclic) bond motifs is 3. The molecule has 1 fully saturated rings. The van der Waals surface area contributed by atoms with E-state index in [1.807, 2.05) is 46.0 Å². The number of benzene rings is 2. The van der Waals surface area contributed by atoms with E-state index in [9.17, 15) is 4.79 Å². The first-order valence-electron chi connectivity index (χ1n) is 10.7. The van der Waals surface area contributed by atoms with Gasteiger partial charge in [0, 0.05) is 30.2 Å². The van der Waals surface area contributed by atoms with E-state index in [0.717, 1.165) is 41.5 Å². The van der Waals surface area contributed by atoms with Crippen LogP contribution in [0.3, 0.4) is 0 Å². The van der Waals surface area contributed by atoms with Gasteiger partial charge in [-0.15, -0.1) is 0 Å². The lowest BCUT2D eigenvalue weighted by Crippen LogP contribution is -2.48. The lowest BCUT2D eigenvalue weighted by Gasteiger charge is -2.43. The Balaban J connectivity index is 1.24. The van der Waals surface area contributed by atoms with Crippen LogP contribution in [0.2, 0.25) is 0 Å². The van der Waals surface area contributed by atoms with Gasteiger partial charge in [-0.05, 0) is 55.2 Å². The van der Waals surface area contributed by atoms with Crippen LogP contribution < -0.4 is 0 Å². The average molecular weight is 413 g/mol. The van der Waals surface area contributed by atoms with E-state index in [0.29, 0.717) is 25.3 Å². The molecule has 0 saturated carbocycles. The van der Waals surface area contributed by atoms with Gasteiger partial charge in [-0.2, -0.15) is 10.2 Å². The molecular formula is C24H23N5O2. The molecule has 2 aromatic heterocycles. The summed E-state index contributed by atoms with van der Waals surface area (Å²) >= 11 is 0. The van der Waals surface area contributed by atoms with Gasteiger partial charge in [0.25, 0.3) is 5.91 Å². The van der Waals surface area contributed by atoms with Crippen LogP contribution >= 0.6 is 0 Å². The van der Waals surface area contributed by atoms with E-state index in [1.165, 1.54) is 5.56 Å². The van der Waals surface area contributed by atoms with Gasteiger partial charge in [0.1, 0.15) is 5.60 Å². The fourth-order valence-corrected chi connectivity index (χ4v) is 4.82. The molecule has 2 aliphatic heterocycles. The molecule has 0 unspecified atom stereocenters. The summed E-state index contributed by atoms with van der Waals surface area (Å²) in [5.74, 6) is 0.0591. The first kappa shape index (κ1) is 18.3. The molecule has 1 spiro atoms. The number of aromatic nitrogens is 4. The van der Waals surface area contributed by atoms with Crippen LogP contribution in [0.1, 0.15) is 34.5 Å². The Morgan fingerprint density at radius 3 is 2.77 bits per heavy atom. The van der Waals surface area contributed by atoms with Crippen molar-refractivity contribution in [2.24, 2.45) is 0 Å². The third-order valence-electron chi connectivity index (χ3n) is 6.54. The number of nitrogens with one attached hydrogen (secondary N) is 1. The monoisotopic (exact) mass is 413 g/mol. The molecule has 0 aliphatic carbocycles. The van der Waals surface area contributed by atoms with E-state index in [4.69, 9.17) is 9.84 Å². The van der Waals surface area contributed by atoms with Crippen molar-refractivity contribution in [3.05, 3.63) is 77.7 Å². The number of nitrogens with zero attached hydrogens (tertiary/aromatic N) is 4. The number of para-hydroxylation sites is 1. The summed E-state index contributed by atoms with van der Waals surface area (Å²) < 4.78 is 8.29. The van der Waals surface area contributed by atoms with Crippen molar-refractivity contribution >= 4 is 16.8 Å². The number of likely N-dealkylation sites (tertiary alicyclic amines) is 1. The Bertz CT molecular complexity index is 1250. The standard InChI is InChI=1S/C24H23N5O2/c30-23(17-6-7-21-19(14-17)15-25-26-21)28-11-9-24(10-12-28)22-18(8-13-31-24)16-29(27-22)20-4-2-1-3-5-20/h1-7,14-16H,8-13H2,(H,25,26). The Kier molecular flexibility index (Phi) is 4.17. The van der Waals surface area contributed by atoms with Crippen LogP contribution in [-0.4, -0.2) is 50.5 Å². The van der Waals surface area contributed by atoms with Gasteiger partial charge in [0.05, 0.1) is 29.7 Å². The van der Waals surface area contributed by atoms with Gasteiger partial charge in [-0.25, -0.2) is 4.68 Å². The summed E-state index contributed by atoms with van der Waals surface area (Å²) in [6.45, 7) is 2.00. The highest BCUT2D eigenvalue weighted by Crippen LogP contribution is 2.41. The molecule has 6 rings (SSSR count). The van der Waals surface area contributed by atoms with E-state index in [-0.39, 0.29) is 5.91 Å². The summed E-state index contributed by atoms with van der Waals surface area (Å²) in [5.41, 5.74) is 4.57. The summed E-state index contributed by atoms with van der Waals surface area (Å²) in [4.78, 5) is 15.0. The molecule has 1 saturated heterocycles. The van der Waals surface area contributed by atoms with Gasteiger partial charge in [-0.3, -0.25) is 9.89 Å². The van der Waals surface area contributed by atoms with Crippen molar-refractivity contribution in [1.29, 1.82) is 0 Å². The van der Waals surface area contributed by atoms with Gasteiger partial charge in [0.2, 0.25) is 0 Å². The predicted octanol–water partition coefficient (Wildman–Crippen LogP) is 3.45. The fourth-order valence-electron chi connectivity index (χ4n) is 4.82. The maximum atomic E-state index is 13.1. The van der Waals surface area contributed by atoms with Crippen LogP contribution in [0.5, 0.6) is 0 Å². The Hall–Kier alpha value is -3.45. The molecule has 0 bridgehead atoms. The van der Waals surface area contributed by atoms with Crippen LogP contribution in [0.25, 0.3) is 16.6 Å². The van der Waals surface area contributed by atoms with E-state index in [2.05, 4.69) is 28.5 Å². The third kappa shape index (κ3) is 3.04. The topological polar surface area (TPSA) is 76.0 Å². The highest BCUT2D eigenvalue weighted by molar-refractivity contribution is 5.97. The molecule has 156 valence electrons. The van der Waals surface area contributed by atoms with Crippen LogP contribution in [0.15, 0.2) is 60.9 Å². The predicted molar refractivity (Wildman–Crippen MR) is 116 cm³/mol. The molecule has 7 nitrogen and oxygen atoms in total. The zero-order valence-corrected chi connectivity index (χ0v) is 17.1. The minimum atomic E-state index is -0.404. The maximum absolute atomic E-state index is 13.1. The van der Waals surface area contributed by atoms with Crippen LogP contribution in [-0.2, 0) is 16.8 Å². The normalized spacial score (nSPS) is 17.7. The number of carbonyl (C=O) groups is 1. The number of aromatic amines is 1. The molecule has 0 atom stereocenters. The lowest BCUT2D eigenvalue weighted by molar-refractivity contribution is -0.0963. The first-order chi connectivity index (χ1) is 15.2. The van der Waals surface area contributed by atoms with Gasteiger partial charge >= 0.3 is 0 Å². The highest BCUT2D eigenvalue weighted by atomic mass is 16.5. The number of rotatable bonds is 2. The Morgan fingerprint density at radius 1 is 1.10 bits per heavy atom. The second kappa shape index (κ2) is 7.06. The van der Waals surface area contributed by atoms with E-state index < -0.39 is 5.60 Å². The number of hydrogen-bond donors (Lipinski definition) is 1. The van der Waals surface area contributed by atoms with Crippen molar-refractivity contribution < 1.29 is 9.53 Å². The number of piperidine rings is 1. The minimum absolute atomic E-state index is 0.0591. The zero-order valence-electron chi connectivity index (χ0n) is 17.1.